The monoisotopic (exact) mass is 418 g/mol. The number of amides is 2. The molecule has 4 rings (SSSR count). The van der Waals surface area contributed by atoms with Crippen molar-refractivity contribution in [2.75, 3.05) is 32.7 Å². The quantitative estimate of drug-likeness (QED) is 0.610. The SMILES string of the molecule is COc1ccc(CN(C)C(=O)C2CC(=O)N(c3cccc4ccccc34)C2)c(OC)c1. The second-order valence-corrected chi connectivity index (χ2v) is 7.78. The minimum Gasteiger partial charge on any atom is -0.497 e. The number of hydrogen-bond acceptors (Lipinski definition) is 4. The Morgan fingerprint density at radius 2 is 1.84 bits per heavy atom. The van der Waals surface area contributed by atoms with Gasteiger partial charge in [-0.3, -0.25) is 9.59 Å². The summed E-state index contributed by atoms with van der Waals surface area (Å²) in [6.45, 7) is 0.778. The van der Waals surface area contributed by atoms with E-state index >= 15 is 0 Å². The third-order valence-corrected chi connectivity index (χ3v) is 5.81. The highest BCUT2D eigenvalue weighted by Crippen LogP contribution is 2.33. The van der Waals surface area contributed by atoms with Crippen LogP contribution in [0.25, 0.3) is 10.8 Å². The largest absolute Gasteiger partial charge is 0.497 e. The van der Waals surface area contributed by atoms with Crippen LogP contribution in [0.1, 0.15) is 12.0 Å². The molecule has 0 aromatic heterocycles. The zero-order chi connectivity index (χ0) is 22.0. The standard InChI is InChI=1S/C25H26N2O4/c1-26(15-18-11-12-20(30-2)14-23(18)31-3)25(29)19-13-24(28)27(16-19)22-10-6-8-17-7-4-5-9-21(17)22/h4-12,14,19H,13,15-16H2,1-3H3. The van der Waals surface area contributed by atoms with Gasteiger partial charge in [-0.05, 0) is 23.6 Å². The Kier molecular flexibility index (Phi) is 5.80. The van der Waals surface area contributed by atoms with Crippen LogP contribution in [0.2, 0.25) is 0 Å². The first kappa shape index (κ1) is 20.7. The van der Waals surface area contributed by atoms with E-state index in [2.05, 4.69) is 0 Å². The van der Waals surface area contributed by atoms with E-state index in [-0.39, 0.29) is 24.2 Å². The molecule has 3 aromatic rings. The van der Waals surface area contributed by atoms with Crippen LogP contribution in [-0.2, 0) is 16.1 Å². The van der Waals surface area contributed by atoms with Crippen molar-refractivity contribution in [2.24, 2.45) is 5.92 Å². The molecule has 0 saturated carbocycles. The van der Waals surface area contributed by atoms with Crippen LogP contribution in [0.15, 0.2) is 60.7 Å². The molecule has 6 heteroatoms. The van der Waals surface area contributed by atoms with Crippen LogP contribution >= 0.6 is 0 Å². The molecule has 160 valence electrons. The summed E-state index contributed by atoms with van der Waals surface area (Å²) < 4.78 is 10.7. The molecule has 1 heterocycles. The summed E-state index contributed by atoms with van der Waals surface area (Å²) in [5.74, 6) is 0.917. The molecule has 1 aliphatic heterocycles. The fourth-order valence-electron chi connectivity index (χ4n) is 4.18. The normalized spacial score (nSPS) is 15.9. The van der Waals surface area contributed by atoms with Crippen LogP contribution in [0.4, 0.5) is 5.69 Å². The maximum absolute atomic E-state index is 13.1. The minimum absolute atomic E-state index is 0.0230. The van der Waals surface area contributed by atoms with Gasteiger partial charge in [-0.25, -0.2) is 0 Å². The van der Waals surface area contributed by atoms with E-state index < -0.39 is 0 Å². The van der Waals surface area contributed by atoms with E-state index in [0.29, 0.717) is 24.6 Å². The Bertz CT molecular complexity index is 1120. The molecule has 1 fully saturated rings. The first-order chi connectivity index (χ1) is 15.0. The van der Waals surface area contributed by atoms with Gasteiger partial charge in [0.1, 0.15) is 11.5 Å². The average molecular weight is 418 g/mol. The van der Waals surface area contributed by atoms with Gasteiger partial charge in [-0.15, -0.1) is 0 Å². The number of rotatable bonds is 6. The lowest BCUT2D eigenvalue weighted by atomic mass is 10.1. The average Bonchev–Trinajstić information content (AvgIpc) is 3.19. The van der Waals surface area contributed by atoms with E-state index in [0.717, 1.165) is 22.0 Å². The van der Waals surface area contributed by atoms with Crippen LogP contribution in [0.5, 0.6) is 11.5 Å². The Morgan fingerprint density at radius 1 is 1.06 bits per heavy atom. The third kappa shape index (κ3) is 4.06. The van der Waals surface area contributed by atoms with E-state index in [9.17, 15) is 9.59 Å². The van der Waals surface area contributed by atoms with Crippen molar-refractivity contribution in [3.63, 3.8) is 0 Å². The Balaban J connectivity index is 1.50. The van der Waals surface area contributed by atoms with Crippen LogP contribution < -0.4 is 14.4 Å². The molecule has 31 heavy (non-hydrogen) atoms. The number of nitrogens with zero attached hydrogens (tertiary/aromatic N) is 2. The van der Waals surface area contributed by atoms with Crippen molar-refractivity contribution in [3.8, 4) is 11.5 Å². The first-order valence-corrected chi connectivity index (χ1v) is 10.3. The molecule has 1 saturated heterocycles. The zero-order valence-electron chi connectivity index (χ0n) is 18.0. The summed E-state index contributed by atoms with van der Waals surface area (Å²) in [5.41, 5.74) is 1.74. The van der Waals surface area contributed by atoms with E-state index in [1.165, 1.54) is 0 Å². The predicted molar refractivity (Wildman–Crippen MR) is 120 cm³/mol. The van der Waals surface area contributed by atoms with Crippen LogP contribution in [0, 0.1) is 5.92 Å². The van der Waals surface area contributed by atoms with Gasteiger partial charge in [0.2, 0.25) is 11.8 Å². The summed E-state index contributed by atoms with van der Waals surface area (Å²) in [7, 11) is 4.96. The summed E-state index contributed by atoms with van der Waals surface area (Å²) in [6.07, 6.45) is 0.214. The smallest absolute Gasteiger partial charge is 0.228 e. The summed E-state index contributed by atoms with van der Waals surface area (Å²) >= 11 is 0. The molecule has 3 aromatic carbocycles. The number of carbonyl (C=O) groups excluding carboxylic acids is 2. The highest BCUT2D eigenvalue weighted by Gasteiger charge is 2.37. The van der Waals surface area contributed by atoms with Gasteiger partial charge in [-0.2, -0.15) is 0 Å². The van der Waals surface area contributed by atoms with Crippen molar-refractivity contribution >= 4 is 28.3 Å². The lowest BCUT2D eigenvalue weighted by Crippen LogP contribution is -2.34. The van der Waals surface area contributed by atoms with Crippen LogP contribution in [0.3, 0.4) is 0 Å². The summed E-state index contributed by atoms with van der Waals surface area (Å²) in [6, 6.07) is 19.4. The van der Waals surface area contributed by atoms with Crippen molar-refractivity contribution in [1.82, 2.24) is 4.90 Å². The summed E-state index contributed by atoms with van der Waals surface area (Å²) in [4.78, 5) is 29.4. The fourth-order valence-corrected chi connectivity index (χ4v) is 4.18. The molecule has 6 nitrogen and oxygen atoms in total. The van der Waals surface area contributed by atoms with Gasteiger partial charge in [-0.1, -0.05) is 36.4 Å². The van der Waals surface area contributed by atoms with Crippen molar-refractivity contribution in [1.29, 1.82) is 0 Å². The fraction of sp³-hybridized carbons (Fsp3) is 0.280. The predicted octanol–water partition coefficient (Wildman–Crippen LogP) is 3.87. The van der Waals surface area contributed by atoms with E-state index in [1.807, 2.05) is 54.6 Å². The van der Waals surface area contributed by atoms with E-state index in [1.54, 1.807) is 37.1 Å². The van der Waals surface area contributed by atoms with Gasteiger partial charge in [0.05, 0.1) is 25.8 Å². The summed E-state index contributed by atoms with van der Waals surface area (Å²) in [5, 5.41) is 2.09. The molecule has 0 N–H and O–H groups in total. The van der Waals surface area contributed by atoms with Crippen LogP contribution in [-0.4, -0.2) is 44.5 Å². The maximum atomic E-state index is 13.1. The molecular formula is C25H26N2O4. The highest BCUT2D eigenvalue weighted by molar-refractivity contribution is 6.06. The van der Waals surface area contributed by atoms with Gasteiger partial charge in [0.25, 0.3) is 0 Å². The molecular weight excluding hydrogens is 392 g/mol. The van der Waals surface area contributed by atoms with E-state index in [4.69, 9.17) is 9.47 Å². The molecule has 0 spiro atoms. The van der Waals surface area contributed by atoms with Crippen molar-refractivity contribution < 1.29 is 19.1 Å². The number of fused-ring (bicyclic) bond motifs is 1. The third-order valence-electron chi connectivity index (χ3n) is 5.81. The number of hydrogen-bond donors (Lipinski definition) is 0. The number of benzene rings is 3. The van der Waals surface area contributed by atoms with Gasteiger partial charge in [0.15, 0.2) is 0 Å². The second-order valence-electron chi connectivity index (χ2n) is 7.78. The topological polar surface area (TPSA) is 59.1 Å². The second kappa shape index (κ2) is 8.68. The number of ether oxygens (including phenoxy) is 2. The lowest BCUT2D eigenvalue weighted by Gasteiger charge is -2.23. The van der Waals surface area contributed by atoms with Crippen molar-refractivity contribution in [3.05, 3.63) is 66.2 Å². The van der Waals surface area contributed by atoms with Gasteiger partial charge in [0, 0.05) is 43.6 Å². The van der Waals surface area contributed by atoms with Crippen molar-refractivity contribution in [2.45, 2.75) is 13.0 Å². The van der Waals surface area contributed by atoms with Gasteiger partial charge >= 0.3 is 0 Å². The molecule has 2 amide bonds. The highest BCUT2D eigenvalue weighted by atomic mass is 16.5. The number of anilines is 1. The molecule has 1 atom stereocenters. The number of methoxy groups -OCH3 is 2. The molecule has 0 aliphatic carbocycles. The molecule has 0 bridgehead atoms. The molecule has 0 radical (unpaired) electrons. The van der Waals surface area contributed by atoms with Gasteiger partial charge < -0.3 is 19.3 Å². The lowest BCUT2D eigenvalue weighted by molar-refractivity contribution is -0.135. The molecule has 1 unspecified atom stereocenters. The first-order valence-electron chi connectivity index (χ1n) is 10.3. The number of carbonyl (C=O) groups is 2. The molecule has 1 aliphatic rings. The Morgan fingerprint density at radius 3 is 2.61 bits per heavy atom. The minimum atomic E-state index is -0.374. The Labute approximate surface area is 182 Å². The Hall–Kier alpha value is -3.54. The zero-order valence-corrected chi connectivity index (χ0v) is 18.0. The maximum Gasteiger partial charge on any atom is 0.228 e.